The van der Waals surface area contributed by atoms with Gasteiger partial charge in [0.2, 0.25) is 0 Å². The molecule has 0 fully saturated rings. The second-order valence-corrected chi connectivity index (χ2v) is 4.73. The van der Waals surface area contributed by atoms with Crippen LogP contribution in [0.25, 0.3) is 0 Å². The normalized spacial score (nSPS) is 11.0. The molecule has 2 rings (SSSR count). The smallest absolute Gasteiger partial charge is 0.466 e. The summed E-state index contributed by atoms with van der Waals surface area (Å²) in [6.45, 7) is 1.75. The van der Waals surface area contributed by atoms with Crippen molar-refractivity contribution in [2.45, 2.75) is 13.3 Å². The molecule has 1 aromatic heterocycles. The first-order valence-corrected chi connectivity index (χ1v) is 7.16. The quantitative estimate of drug-likeness (QED) is 0.495. The van der Waals surface area contributed by atoms with Crippen molar-refractivity contribution < 1.29 is 23.6 Å². The molecule has 0 aliphatic carbocycles. The van der Waals surface area contributed by atoms with Crippen LogP contribution in [0.15, 0.2) is 66.4 Å². The Balaban J connectivity index is 2.23. The van der Waals surface area contributed by atoms with Crippen molar-refractivity contribution in [3.8, 4) is 5.75 Å². The molecule has 1 heterocycles. The maximum Gasteiger partial charge on any atom is 0.607 e. The summed E-state index contributed by atoms with van der Waals surface area (Å²) in [6.07, 6.45) is 3.01. The number of carbonyl (C=O) groups is 2. The first-order chi connectivity index (χ1) is 11.2. The number of hydrogen-bond donors (Lipinski definition) is 0. The second kappa shape index (κ2) is 7.89. The van der Waals surface area contributed by atoms with Crippen LogP contribution in [0.3, 0.4) is 0 Å². The van der Waals surface area contributed by atoms with E-state index in [0.29, 0.717) is 17.0 Å². The molecule has 5 heteroatoms. The lowest BCUT2D eigenvalue weighted by atomic mass is 10.1. The molecule has 0 bridgehead atoms. The van der Waals surface area contributed by atoms with Crippen molar-refractivity contribution in [2.24, 2.45) is 0 Å². The van der Waals surface area contributed by atoms with Gasteiger partial charge < -0.3 is 9.47 Å². The monoisotopic (exact) mass is 312 g/mol. The highest BCUT2D eigenvalue weighted by Gasteiger charge is 2.24. The summed E-state index contributed by atoms with van der Waals surface area (Å²) in [4.78, 5) is 24.1. The third-order valence-electron chi connectivity index (χ3n) is 3.26. The molecule has 0 saturated carbocycles. The number of pyridine rings is 1. The van der Waals surface area contributed by atoms with Crippen LogP contribution >= 0.6 is 0 Å². The molecular weight excluding hydrogens is 294 g/mol. The minimum absolute atomic E-state index is 0.272. The number of benzene rings is 1. The minimum Gasteiger partial charge on any atom is -0.466 e. The Bertz CT molecular complexity index is 723. The summed E-state index contributed by atoms with van der Waals surface area (Å²) in [5.41, 5.74) is 1.10. The van der Waals surface area contributed by atoms with Crippen molar-refractivity contribution >= 4 is 12.1 Å². The molecule has 2 aromatic rings. The highest BCUT2D eigenvalue weighted by atomic mass is 16.6. The number of methoxy groups -OCH3 is 1. The van der Waals surface area contributed by atoms with Crippen LogP contribution in [-0.2, 0) is 16.0 Å². The van der Waals surface area contributed by atoms with Crippen molar-refractivity contribution in [1.82, 2.24) is 0 Å². The number of aromatic nitrogens is 1. The zero-order valence-corrected chi connectivity index (χ0v) is 13.1. The maximum atomic E-state index is 12.3. The van der Waals surface area contributed by atoms with E-state index in [1.165, 1.54) is 11.7 Å². The highest BCUT2D eigenvalue weighted by molar-refractivity contribution is 5.88. The molecule has 0 amide bonds. The summed E-state index contributed by atoms with van der Waals surface area (Å²) < 4.78 is 11.4. The average Bonchev–Trinajstić information content (AvgIpc) is 2.60. The Morgan fingerprint density at radius 1 is 1.09 bits per heavy atom. The van der Waals surface area contributed by atoms with Crippen LogP contribution < -0.4 is 9.30 Å². The number of esters is 1. The summed E-state index contributed by atoms with van der Waals surface area (Å²) in [5.74, 6) is 0.0401. The van der Waals surface area contributed by atoms with E-state index < -0.39 is 12.1 Å². The zero-order chi connectivity index (χ0) is 16.7. The Morgan fingerprint density at radius 2 is 1.78 bits per heavy atom. The van der Waals surface area contributed by atoms with Gasteiger partial charge in [0, 0.05) is 17.7 Å². The van der Waals surface area contributed by atoms with Crippen molar-refractivity contribution in [1.29, 1.82) is 0 Å². The molecule has 0 radical (unpaired) electrons. The van der Waals surface area contributed by atoms with E-state index in [4.69, 9.17) is 9.47 Å². The van der Waals surface area contributed by atoms with Crippen LogP contribution in [0.4, 0.5) is 4.79 Å². The fourth-order valence-corrected chi connectivity index (χ4v) is 2.06. The molecule has 0 unspecified atom stereocenters. The van der Waals surface area contributed by atoms with Crippen LogP contribution in [0.2, 0.25) is 0 Å². The maximum absolute atomic E-state index is 12.3. The van der Waals surface area contributed by atoms with Gasteiger partial charge in [-0.05, 0) is 19.1 Å². The van der Waals surface area contributed by atoms with Gasteiger partial charge in [0.15, 0.2) is 11.9 Å². The molecule has 0 aliphatic rings. The number of ether oxygens (including phenoxy) is 2. The lowest BCUT2D eigenvalue weighted by Crippen LogP contribution is -2.48. The van der Waals surface area contributed by atoms with Gasteiger partial charge in [-0.1, -0.05) is 34.9 Å². The zero-order valence-electron chi connectivity index (χ0n) is 13.1. The van der Waals surface area contributed by atoms with E-state index >= 15 is 0 Å². The van der Waals surface area contributed by atoms with Gasteiger partial charge in [-0.15, -0.1) is 0 Å². The van der Waals surface area contributed by atoms with Crippen molar-refractivity contribution in [3.63, 3.8) is 0 Å². The lowest BCUT2D eigenvalue weighted by molar-refractivity contribution is -0.590. The van der Waals surface area contributed by atoms with Crippen LogP contribution in [0, 0.1) is 0 Å². The van der Waals surface area contributed by atoms with Crippen molar-refractivity contribution in [2.75, 3.05) is 7.11 Å². The molecule has 23 heavy (non-hydrogen) atoms. The third kappa shape index (κ3) is 4.26. The predicted octanol–water partition coefficient (Wildman–Crippen LogP) is 2.68. The van der Waals surface area contributed by atoms with E-state index in [0.717, 1.165) is 0 Å². The number of nitrogens with zero attached hydrogens (tertiary/aromatic N) is 1. The molecule has 0 N–H and O–H groups in total. The topological polar surface area (TPSA) is 56.5 Å². The Labute approximate surface area is 134 Å². The van der Waals surface area contributed by atoms with Gasteiger partial charge in [0.25, 0.3) is 0 Å². The number of hydrogen-bond acceptors (Lipinski definition) is 4. The van der Waals surface area contributed by atoms with E-state index in [1.54, 1.807) is 61.7 Å². The lowest BCUT2D eigenvalue weighted by Gasteiger charge is -2.05. The van der Waals surface area contributed by atoms with Gasteiger partial charge >= 0.3 is 12.1 Å². The Morgan fingerprint density at radius 3 is 2.43 bits per heavy atom. The second-order valence-electron chi connectivity index (χ2n) is 4.73. The van der Waals surface area contributed by atoms with E-state index in [1.807, 2.05) is 6.07 Å². The van der Waals surface area contributed by atoms with Gasteiger partial charge in [-0.2, -0.15) is 4.79 Å². The van der Waals surface area contributed by atoms with Crippen LogP contribution in [0.1, 0.15) is 12.6 Å². The summed E-state index contributed by atoms with van der Waals surface area (Å²) in [5, 5.41) is 0. The first-order valence-electron chi connectivity index (χ1n) is 7.16. The predicted molar refractivity (Wildman–Crippen MR) is 84.0 cm³/mol. The van der Waals surface area contributed by atoms with E-state index in [9.17, 15) is 9.59 Å². The number of allylic oxidation sites excluding steroid dienone is 1. The van der Waals surface area contributed by atoms with Gasteiger partial charge in [0.1, 0.15) is 5.75 Å². The van der Waals surface area contributed by atoms with Gasteiger partial charge in [-0.25, -0.2) is 4.79 Å². The molecule has 1 aromatic carbocycles. The SMILES string of the molecule is C/C=C(/Cc1cccc[n+]1C(=O)Oc1ccccc1)C(=O)OC. The summed E-state index contributed by atoms with van der Waals surface area (Å²) in [7, 11) is 1.33. The number of carbonyl (C=O) groups excluding carboxylic acids is 2. The summed E-state index contributed by atoms with van der Waals surface area (Å²) in [6, 6.07) is 14.1. The third-order valence-corrected chi connectivity index (χ3v) is 3.26. The Hall–Kier alpha value is -2.95. The van der Waals surface area contributed by atoms with E-state index in [-0.39, 0.29) is 6.42 Å². The van der Waals surface area contributed by atoms with Crippen LogP contribution in [-0.4, -0.2) is 19.2 Å². The molecule has 0 saturated heterocycles. The largest absolute Gasteiger partial charge is 0.607 e. The van der Waals surface area contributed by atoms with Crippen LogP contribution in [0.5, 0.6) is 5.75 Å². The molecule has 0 aliphatic heterocycles. The Kier molecular flexibility index (Phi) is 5.63. The number of para-hydroxylation sites is 1. The summed E-state index contributed by atoms with van der Waals surface area (Å²) >= 11 is 0. The van der Waals surface area contributed by atoms with Gasteiger partial charge in [0.05, 0.1) is 13.5 Å². The van der Waals surface area contributed by atoms with Gasteiger partial charge in [-0.3, -0.25) is 0 Å². The average molecular weight is 312 g/mol. The molecule has 5 nitrogen and oxygen atoms in total. The molecule has 0 spiro atoms. The highest BCUT2D eigenvalue weighted by Crippen LogP contribution is 2.10. The molecular formula is C18H18NO4+. The molecule has 0 atom stereocenters. The fraction of sp³-hybridized carbons (Fsp3) is 0.167. The minimum atomic E-state index is -0.535. The fourth-order valence-electron chi connectivity index (χ4n) is 2.06. The standard InChI is InChI=1S/C18H18NO4/c1-3-14(17(20)22-2)13-15-9-7-8-12-19(15)18(21)23-16-10-5-4-6-11-16/h3-12H,13H2,1-2H3/q+1/b14-3-. The van der Waals surface area contributed by atoms with Crippen molar-refractivity contribution in [3.05, 3.63) is 72.1 Å². The van der Waals surface area contributed by atoms with E-state index in [2.05, 4.69) is 0 Å². The first kappa shape index (κ1) is 16.4. The molecule has 118 valence electrons. The number of rotatable bonds is 4.